The lowest BCUT2D eigenvalue weighted by molar-refractivity contribution is -0.136. The van der Waals surface area contributed by atoms with Crippen molar-refractivity contribution in [1.82, 2.24) is 20.4 Å². The summed E-state index contributed by atoms with van der Waals surface area (Å²) < 4.78 is 5.97. The zero-order valence-electron chi connectivity index (χ0n) is 14.3. The predicted octanol–water partition coefficient (Wildman–Crippen LogP) is 2.98. The molecule has 1 aromatic rings. The van der Waals surface area contributed by atoms with E-state index in [1.54, 1.807) is 0 Å². The van der Waals surface area contributed by atoms with E-state index in [1.165, 1.54) is 12.8 Å². The summed E-state index contributed by atoms with van der Waals surface area (Å²) in [5, 5.41) is 12.0. The second-order valence-electron chi connectivity index (χ2n) is 7.18. The van der Waals surface area contributed by atoms with Gasteiger partial charge >= 0.3 is 0 Å². The van der Waals surface area contributed by atoms with Crippen LogP contribution in [-0.2, 0) is 4.79 Å². The Bertz CT molecular complexity index is 522. The van der Waals surface area contributed by atoms with Crippen LogP contribution in [0.5, 0.6) is 0 Å². The van der Waals surface area contributed by atoms with E-state index in [-0.39, 0.29) is 18.0 Å². The predicted molar refractivity (Wildman–Crippen MR) is 86.7 cm³/mol. The van der Waals surface area contributed by atoms with E-state index >= 15 is 0 Å². The van der Waals surface area contributed by atoms with Gasteiger partial charge in [0.15, 0.2) is 0 Å². The molecular weight excluding hydrogens is 292 g/mol. The van der Waals surface area contributed by atoms with E-state index in [0.29, 0.717) is 24.1 Å². The van der Waals surface area contributed by atoms with Gasteiger partial charge in [-0.25, -0.2) is 0 Å². The molecule has 23 heavy (non-hydrogen) atoms. The normalized spacial score (nSPS) is 25.8. The maximum atomic E-state index is 12.5. The zero-order valence-corrected chi connectivity index (χ0v) is 14.3. The Morgan fingerprint density at radius 1 is 1.22 bits per heavy atom. The molecule has 2 aliphatic rings. The first kappa shape index (κ1) is 16.4. The Labute approximate surface area is 138 Å². The summed E-state index contributed by atoms with van der Waals surface area (Å²) >= 11 is 0. The number of hydrogen-bond acceptors (Lipinski definition) is 5. The van der Waals surface area contributed by atoms with Crippen molar-refractivity contribution in [2.75, 3.05) is 13.1 Å². The molecule has 1 N–H and O–H groups in total. The van der Waals surface area contributed by atoms with Crippen molar-refractivity contribution in [3.05, 3.63) is 11.8 Å². The van der Waals surface area contributed by atoms with Crippen LogP contribution in [-0.4, -0.2) is 34.1 Å². The van der Waals surface area contributed by atoms with Gasteiger partial charge in [0.05, 0.1) is 6.04 Å². The minimum Gasteiger partial charge on any atom is -0.421 e. The molecular formula is C17H28N4O2. The molecule has 2 unspecified atom stereocenters. The van der Waals surface area contributed by atoms with Crippen molar-refractivity contribution in [2.45, 2.75) is 70.9 Å². The average Bonchev–Trinajstić information content (AvgIpc) is 3.05. The van der Waals surface area contributed by atoms with Crippen LogP contribution in [0.25, 0.3) is 0 Å². The molecule has 2 saturated heterocycles. The van der Waals surface area contributed by atoms with Crippen LogP contribution < -0.4 is 5.32 Å². The van der Waals surface area contributed by atoms with Gasteiger partial charge in [0.25, 0.3) is 0 Å². The summed E-state index contributed by atoms with van der Waals surface area (Å²) in [6, 6.07) is 0.133. The standard InChI is InChI=1S/C17H28N4O2/c1-12(2)11-15(22)21-10-6-4-8-14(21)17-20-19-16(23-17)13-7-3-5-9-18-13/h12-14,18H,3-11H2,1-2H3. The van der Waals surface area contributed by atoms with Gasteiger partial charge in [-0.1, -0.05) is 20.3 Å². The van der Waals surface area contributed by atoms with Gasteiger partial charge < -0.3 is 14.6 Å². The third-order valence-electron chi connectivity index (χ3n) is 4.76. The minimum atomic E-state index is -0.0418. The number of carbonyl (C=O) groups is 1. The fourth-order valence-electron chi connectivity index (χ4n) is 3.54. The van der Waals surface area contributed by atoms with Crippen LogP contribution in [0.15, 0.2) is 4.42 Å². The molecule has 2 atom stereocenters. The first-order valence-corrected chi connectivity index (χ1v) is 9.01. The molecule has 1 amide bonds. The molecule has 3 heterocycles. The minimum absolute atomic E-state index is 0.0418. The van der Waals surface area contributed by atoms with E-state index in [2.05, 4.69) is 29.4 Å². The number of nitrogens with zero attached hydrogens (tertiary/aromatic N) is 3. The summed E-state index contributed by atoms with van der Waals surface area (Å²) in [7, 11) is 0. The van der Waals surface area contributed by atoms with Crippen LogP contribution in [0.4, 0.5) is 0 Å². The highest BCUT2D eigenvalue weighted by atomic mass is 16.4. The summed E-state index contributed by atoms with van der Waals surface area (Å²) in [4.78, 5) is 14.5. The lowest BCUT2D eigenvalue weighted by Gasteiger charge is -2.34. The van der Waals surface area contributed by atoms with Crippen molar-refractivity contribution >= 4 is 5.91 Å². The summed E-state index contributed by atoms with van der Waals surface area (Å²) in [6.07, 6.45) is 7.12. The zero-order chi connectivity index (χ0) is 16.2. The molecule has 6 nitrogen and oxygen atoms in total. The second kappa shape index (κ2) is 7.43. The molecule has 2 fully saturated rings. The number of rotatable bonds is 4. The lowest BCUT2D eigenvalue weighted by Crippen LogP contribution is -2.39. The molecule has 0 radical (unpaired) electrons. The fourth-order valence-corrected chi connectivity index (χ4v) is 3.54. The number of hydrogen-bond donors (Lipinski definition) is 1. The molecule has 0 aromatic carbocycles. The summed E-state index contributed by atoms with van der Waals surface area (Å²) in [6.45, 7) is 5.97. The van der Waals surface area contributed by atoms with Crippen LogP contribution in [0.3, 0.4) is 0 Å². The van der Waals surface area contributed by atoms with Gasteiger partial charge in [-0.2, -0.15) is 0 Å². The third kappa shape index (κ3) is 3.91. The summed E-state index contributed by atoms with van der Waals surface area (Å²) in [5.74, 6) is 1.88. The van der Waals surface area contributed by atoms with Crippen molar-refractivity contribution < 1.29 is 9.21 Å². The van der Waals surface area contributed by atoms with Crippen molar-refractivity contribution in [3.63, 3.8) is 0 Å². The van der Waals surface area contributed by atoms with Crippen molar-refractivity contribution in [2.24, 2.45) is 5.92 Å². The molecule has 1 aromatic heterocycles. The molecule has 3 rings (SSSR count). The van der Waals surface area contributed by atoms with Crippen molar-refractivity contribution in [1.29, 1.82) is 0 Å². The number of likely N-dealkylation sites (tertiary alicyclic amines) is 1. The number of nitrogens with one attached hydrogen (secondary N) is 1. The first-order valence-electron chi connectivity index (χ1n) is 9.01. The third-order valence-corrected chi connectivity index (χ3v) is 4.76. The SMILES string of the molecule is CC(C)CC(=O)N1CCCCC1c1nnc(C2CCCCN2)o1. The molecule has 0 spiro atoms. The number of carbonyl (C=O) groups excluding carboxylic acids is 1. The van der Waals surface area contributed by atoms with Gasteiger partial charge in [0, 0.05) is 13.0 Å². The van der Waals surface area contributed by atoms with Crippen LogP contribution >= 0.6 is 0 Å². The lowest BCUT2D eigenvalue weighted by atomic mass is 10.00. The average molecular weight is 320 g/mol. The maximum absolute atomic E-state index is 12.5. The largest absolute Gasteiger partial charge is 0.421 e. The number of piperidine rings is 2. The Morgan fingerprint density at radius 3 is 2.74 bits per heavy atom. The van der Waals surface area contributed by atoms with E-state index in [4.69, 9.17) is 4.42 Å². The van der Waals surface area contributed by atoms with Crippen LogP contribution in [0.2, 0.25) is 0 Å². The van der Waals surface area contributed by atoms with Gasteiger partial charge in [-0.05, 0) is 44.6 Å². The highest BCUT2D eigenvalue weighted by Gasteiger charge is 2.33. The molecule has 128 valence electrons. The number of aromatic nitrogens is 2. The highest BCUT2D eigenvalue weighted by Crippen LogP contribution is 2.32. The van der Waals surface area contributed by atoms with Gasteiger partial charge in [0.1, 0.15) is 6.04 Å². The highest BCUT2D eigenvalue weighted by molar-refractivity contribution is 5.76. The topological polar surface area (TPSA) is 71.3 Å². The van der Waals surface area contributed by atoms with E-state index in [9.17, 15) is 4.79 Å². The Morgan fingerprint density at radius 2 is 2.00 bits per heavy atom. The Kier molecular flexibility index (Phi) is 5.30. The Balaban J connectivity index is 1.72. The van der Waals surface area contributed by atoms with Crippen molar-refractivity contribution in [3.8, 4) is 0 Å². The molecule has 0 saturated carbocycles. The second-order valence-corrected chi connectivity index (χ2v) is 7.18. The van der Waals surface area contributed by atoms with E-state index < -0.39 is 0 Å². The summed E-state index contributed by atoms with van der Waals surface area (Å²) in [5.41, 5.74) is 0. The quantitative estimate of drug-likeness (QED) is 0.923. The van der Waals surface area contributed by atoms with Gasteiger partial charge in [-0.3, -0.25) is 4.79 Å². The molecule has 2 aliphatic heterocycles. The van der Waals surface area contributed by atoms with Gasteiger partial charge in [0.2, 0.25) is 17.7 Å². The molecule has 6 heteroatoms. The smallest absolute Gasteiger partial charge is 0.239 e. The molecule has 0 bridgehead atoms. The first-order chi connectivity index (χ1) is 11.1. The van der Waals surface area contributed by atoms with Crippen LogP contribution in [0.1, 0.15) is 82.7 Å². The molecule has 0 aliphatic carbocycles. The Hall–Kier alpha value is -1.43. The monoisotopic (exact) mass is 320 g/mol. The van der Waals surface area contributed by atoms with Crippen LogP contribution in [0, 0.1) is 5.92 Å². The number of amides is 1. The van der Waals surface area contributed by atoms with E-state index in [0.717, 1.165) is 38.8 Å². The van der Waals surface area contributed by atoms with Gasteiger partial charge in [-0.15, -0.1) is 10.2 Å². The maximum Gasteiger partial charge on any atom is 0.239 e. The fraction of sp³-hybridized carbons (Fsp3) is 0.824. The van der Waals surface area contributed by atoms with E-state index in [1.807, 2.05) is 4.90 Å².